The Morgan fingerprint density at radius 2 is 1.79 bits per heavy atom. The highest BCUT2D eigenvalue weighted by molar-refractivity contribution is 7.93. The molecule has 0 spiro atoms. The van der Waals surface area contributed by atoms with Crippen LogP contribution < -0.4 is 4.72 Å². The number of nitrogens with zero attached hydrogens (tertiary/aromatic N) is 3. The van der Waals surface area contributed by atoms with Gasteiger partial charge in [0, 0.05) is 18.3 Å². The number of nitrogens with one attached hydrogen (secondary N) is 1. The van der Waals surface area contributed by atoms with Crippen LogP contribution in [0.15, 0.2) is 56.9 Å². The van der Waals surface area contributed by atoms with E-state index in [0.29, 0.717) is 12.1 Å². The molecule has 1 unspecified atom stereocenters. The first-order valence-corrected chi connectivity index (χ1v) is 12.1. The van der Waals surface area contributed by atoms with Crippen LogP contribution in [0.5, 0.6) is 0 Å². The van der Waals surface area contributed by atoms with Crippen LogP contribution in [0.25, 0.3) is 11.0 Å². The Balaban J connectivity index is 1.59. The number of anilines is 1. The second-order valence-corrected chi connectivity index (χ2v) is 10.5. The van der Waals surface area contributed by atoms with Crippen molar-refractivity contribution in [1.29, 1.82) is 0 Å². The molecule has 11 heteroatoms. The van der Waals surface area contributed by atoms with Crippen LogP contribution in [0.4, 0.5) is 5.69 Å². The van der Waals surface area contributed by atoms with Gasteiger partial charge in [0.2, 0.25) is 10.0 Å². The Morgan fingerprint density at radius 3 is 2.52 bits per heavy atom. The molecule has 1 aromatic heterocycles. The van der Waals surface area contributed by atoms with Crippen LogP contribution in [0.3, 0.4) is 0 Å². The highest BCUT2D eigenvalue weighted by Crippen LogP contribution is 2.27. The van der Waals surface area contributed by atoms with E-state index in [4.69, 9.17) is 0 Å². The minimum absolute atomic E-state index is 0.0523. The maximum Gasteiger partial charge on any atom is 0.264 e. The molecule has 1 N–H and O–H groups in total. The van der Waals surface area contributed by atoms with E-state index in [9.17, 15) is 16.8 Å². The van der Waals surface area contributed by atoms with E-state index in [0.717, 1.165) is 19.3 Å². The first-order valence-electron chi connectivity index (χ1n) is 9.15. The van der Waals surface area contributed by atoms with Gasteiger partial charge in [-0.05, 0) is 66.5 Å². The van der Waals surface area contributed by atoms with Gasteiger partial charge in [0.15, 0.2) is 5.52 Å². The molecular weight excluding hydrogens is 416 g/mol. The molecule has 0 bridgehead atoms. The summed E-state index contributed by atoms with van der Waals surface area (Å²) in [4.78, 5) is 0.0621. The summed E-state index contributed by atoms with van der Waals surface area (Å²) in [5.74, 6) is 0. The molecule has 29 heavy (non-hydrogen) atoms. The Hall–Kier alpha value is -2.50. The van der Waals surface area contributed by atoms with Gasteiger partial charge in [0.25, 0.3) is 10.0 Å². The molecule has 9 nitrogen and oxygen atoms in total. The number of rotatable bonds is 5. The minimum Gasteiger partial charge on any atom is -0.280 e. The van der Waals surface area contributed by atoms with Gasteiger partial charge in [-0.3, -0.25) is 4.72 Å². The van der Waals surface area contributed by atoms with Gasteiger partial charge in [-0.2, -0.15) is 4.31 Å². The van der Waals surface area contributed by atoms with Gasteiger partial charge in [0.05, 0.1) is 4.90 Å². The summed E-state index contributed by atoms with van der Waals surface area (Å²) in [6.07, 6.45) is 2.69. The fraction of sp³-hybridized carbons (Fsp3) is 0.333. The van der Waals surface area contributed by atoms with Gasteiger partial charge in [-0.1, -0.05) is 12.5 Å². The zero-order valence-electron chi connectivity index (χ0n) is 15.6. The third kappa shape index (κ3) is 3.72. The second kappa shape index (κ2) is 7.39. The Labute approximate surface area is 168 Å². The molecule has 1 saturated heterocycles. The van der Waals surface area contributed by atoms with E-state index in [1.807, 2.05) is 6.92 Å². The van der Waals surface area contributed by atoms with Crippen LogP contribution in [-0.2, 0) is 20.0 Å². The predicted molar refractivity (Wildman–Crippen MR) is 106 cm³/mol. The second-order valence-electron chi connectivity index (χ2n) is 6.98. The number of aromatic nitrogens is 2. The Morgan fingerprint density at radius 1 is 1.03 bits per heavy atom. The summed E-state index contributed by atoms with van der Waals surface area (Å²) >= 11 is 0. The standard InChI is InChI=1S/C18H20N4O5S2/c1-13-5-2-3-12-22(13)29(25,26)15-10-8-14(9-11-15)21-28(23,24)17-7-4-6-16-18(17)20-27-19-16/h4,6-11,13,21H,2-3,5,12H2,1H3. The number of benzene rings is 2. The molecule has 0 aliphatic carbocycles. The van der Waals surface area contributed by atoms with Crippen molar-refractivity contribution in [3.63, 3.8) is 0 Å². The molecule has 1 fully saturated rings. The molecule has 0 saturated carbocycles. The molecule has 1 aliphatic rings. The molecule has 154 valence electrons. The quantitative estimate of drug-likeness (QED) is 0.652. The average molecular weight is 437 g/mol. The molecule has 3 aromatic rings. The first-order chi connectivity index (χ1) is 13.8. The van der Waals surface area contributed by atoms with Crippen molar-refractivity contribution >= 4 is 36.8 Å². The van der Waals surface area contributed by atoms with Crippen molar-refractivity contribution in [3.05, 3.63) is 42.5 Å². The third-order valence-corrected chi connectivity index (χ3v) is 8.43. The third-order valence-electron chi connectivity index (χ3n) is 4.99. The number of piperidine rings is 1. The number of hydrogen-bond donors (Lipinski definition) is 1. The van der Waals surface area contributed by atoms with Crippen molar-refractivity contribution in [2.75, 3.05) is 11.3 Å². The summed E-state index contributed by atoms with van der Waals surface area (Å²) < 4.78 is 59.8. The highest BCUT2D eigenvalue weighted by atomic mass is 32.2. The van der Waals surface area contributed by atoms with Crippen LogP contribution >= 0.6 is 0 Å². The first kappa shape index (κ1) is 19.8. The molecule has 2 aromatic carbocycles. The smallest absolute Gasteiger partial charge is 0.264 e. The average Bonchev–Trinajstić information content (AvgIpc) is 3.17. The van der Waals surface area contributed by atoms with Crippen molar-refractivity contribution in [1.82, 2.24) is 14.6 Å². The Bertz CT molecular complexity index is 1240. The van der Waals surface area contributed by atoms with E-state index in [1.165, 1.54) is 40.7 Å². The van der Waals surface area contributed by atoms with Crippen LogP contribution in [-0.4, -0.2) is 44.0 Å². The molecule has 2 heterocycles. The lowest BCUT2D eigenvalue weighted by Gasteiger charge is -2.32. The van der Waals surface area contributed by atoms with Gasteiger partial charge < -0.3 is 0 Å². The number of fused-ring (bicyclic) bond motifs is 1. The van der Waals surface area contributed by atoms with Crippen LogP contribution in [0.2, 0.25) is 0 Å². The molecule has 1 atom stereocenters. The summed E-state index contributed by atoms with van der Waals surface area (Å²) in [7, 11) is -7.58. The fourth-order valence-electron chi connectivity index (χ4n) is 3.47. The zero-order chi connectivity index (χ0) is 20.6. The van der Waals surface area contributed by atoms with Gasteiger partial charge >= 0.3 is 0 Å². The zero-order valence-corrected chi connectivity index (χ0v) is 17.3. The molecule has 4 rings (SSSR count). The number of sulfonamides is 2. The summed E-state index contributed by atoms with van der Waals surface area (Å²) in [6, 6.07) is 10.2. The maximum absolute atomic E-state index is 12.9. The van der Waals surface area contributed by atoms with E-state index >= 15 is 0 Å². The highest BCUT2D eigenvalue weighted by Gasteiger charge is 2.31. The van der Waals surface area contributed by atoms with Crippen molar-refractivity contribution < 1.29 is 21.5 Å². The van der Waals surface area contributed by atoms with E-state index in [-0.39, 0.29) is 27.0 Å². The van der Waals surface area contributed by atoms with E-state index < -0.39 is 20.0 Å². The summed E-state index contributed by atoms with van der Waals surface area (Å²) in [5.41, 5.74) is 0.687. The molecular formula is C18H20N4O5S2. The van der Waals surface area contributed by atoms with Crippen LogP contribution in [0.1, 0.15) is 26.2 Å². The fourth-order valence-corrected chi connectivity index (χ4v) is 6.38. The predicted octanol–water partition coefficient (Wildman–Crippen LogP) is 2.59. The minimum atomic E-state index is -3.96. The maximum atomic E-state index is 12.9. The Kier molecular flexibility index (Phi) is 5.05. The SMILES string of the molecule is CC1CCCCN1S(=O)(=O)c1ccc(NS(=O)(=O)c2cccc3nonc23)cc1. The lowest BCUT2D eigenvalue weighted by Crippen LogP contribution is -2.41. The topological polar surface area (TPSA) is 122 Å². The largest absolute Gasteiger partial charge is 0.280 e. The van der Waals surface area contributed by atoms with E-state index in [2.05, 4.69) is 19.7 Å². The van der Waals surface area contributed by atoms with Crippen molar-refractivity contribution in [3.8, 4) is 0 Å². The van der Waals surface area contributed by atoms with Crippen LogP contribution in [0, 0.1) is 0 Å². The number of hydrogen-bond acceptors (Lipinski definition) is 7. The molecule has 1 aliphatic heterocycles. The van der Waals surface area contributed by atoms with Gasteiger partial charge in [0.1, 0.15) is 10.4 Å². The lowest BCUT2D eigenvalue weighted by molar-refractivity contribution is 0.268. The molecule has 0 amide bonds. The molecule has 0 radical (unpaired) electrons. The van der Waals surface area contributed by atoms with Gasteiger partial charge in [-0.25, -0.2) is 21.5 Å². The summed E-state index contributed by atoms with van der Waals surface area (Å²) in [6.45, 7) is 2.40. The van der Waals surface area contributed by atoms with Crippen molar-refractivity contribution in [2.45, 2.75) is 42.0 Å². The summed E-state index contributed by atoms with van der Waals surface area (Å²) in [5, 5.41) is 7.28. The van der Waals surface area contributed by atoms with Crippen molar-refractivity contribution in [2.24, 2.45) is 0 Å². The van der Waals surface area contributed by atoms with Gasteiger partial charge in [-0.15, -0.1) is 0 Å². The monoisotopic (exact) mass is 436 g/mol. The van der Waals surface area contributed by atoms with E-state index in [1.54, 1.807) is 6.07 Å². The lowest BCUT2D eigenvalue weighted by atomic mass is 10.1. The normalized spacial score (nSPS) is 18.7.